The zero-order valence-corrected chi connectivity index (χ0v) is 17.4. The number of hydrogen-bond acceptors (Lipinski definition) is 5. The van der Waals surface area contributed by atoms with Crippen molar-refractivity contribution in [3.05, 3.63) is 65.9 Å². The Bertz CT molecular complexity index is 1050. The Morgan fingerprint density at radius 3 is 2.63 bits per heavy atom. The second kappa shape index (κ2) is 8.41. The molecule has 2 heterocycles. The van der Waals surface area contributed by atoms with Gasteiger partial charge in [0.2, 0.25) is 0 Å². The van der Waals surface area contributed by atoms with E-state index in [-0.39, 0.29) is 6.03 Å². The largest absolute Gasteiger partial charge is 0.497 e. The van der Waals surface area contributed by atoms with Crippen LogP contribution >= 0.6 is 0 Å². The monoisotopic (exact) mass is 403 g/mol. The van der Waals surface area contributed by atoms with Gasteiger partial charge in [-0.3, -0.25) is 0 Å². The number of rotatable bonds is 4. The fourth-order valence-electron chi connectivity index (χ4n) is 3.56. The number of urea groups is 1. The lowest BCUT2D eigenvalue weighted by Gasteiger charge is -2.31. The molecule has 0 atom stereocenters. The summed E-state index contributed by atoms with van der Waals surface area (Å²) in [5.41, 5.74) is 3.68. The summed E-state index contributed by atoms with van der Waals surface area (Å²) in [7, 11) is 5.54. The number of amides is 2. The molecule has 1 aliphatic heterocycles. The van der Waals surface area contributed by atoms with Gasteiger partial charge >= 0.3 is 6.03 Å². The van der Waals surface area contributed by atoms with Crippen molar-refractivity contribution in [2.24, 2.45) is 0 Å². The molecule has 2 aromatic carbocycles. The van der Waals surface area contributed by atoms with Crippen LogP contribution in [0.25, 0.3) is 11.4 Å². The highest BCUT2D eigenvalue weighted by Crippen LogP contribution is 2.29. The molecule has 3 aromatic rings. The molecule has 0 saturated carbocycles. The lowest BCUT2D eigenvalue weighted by Crippen LogP contribution is -2.40. The van der Waals surface area contributed by atoms with Crippen molar-refractivity contribution in [3.8, 4) is 17.1 Å². The van der Waals surface area contributed by atoms with Gasteiger partial charge in [0.1, 0.15) is 11.6 Å². The van der Waals surface area contributed by atoms with Crippen LogP contribution in [0.15, 0.2) is 54.6 Å². The predicted molar refractivity (Wildman–Crippen MR) is 118 cm³/mol. The van der Waals surface area contributed by atoms with E-state index in [4.69, 9.17) is 14.7 Å². The van der Waals surface area contributed by atoms with E-state index < -0.39 is 0 Å². The zero-order chi connectivity index (χ0) is 21.1. The number of carbonyl (C=O) groups excluding carboxylic acids is 1. The van der Waals surface area contributed by atoms with Crippen LogP contribution in [0.1, 0.15) is 11.3 Å². The molecule has 4 rings (SSSR count). The Hall–Kier alpha value is -3.61. The molecule has 0 radical (unpaired) electrons. The first-order valence-electron chi connectivity index (χ1n) is 9.87. The van der Waals surface area contributed by atoms with Crippen LogP contribution in [0.4, 0.5) is 16.3 Å². The number of fused-ring (bicyclic) bond motifs is 1. The summed E-state index contributed by atoms with van der Waals surface area (Å²) in [6.45, 7) is 1.06. The summed E-state index contributed by atoms with van der Waals surface area (Å²) in [6, 6.07) is 17.2. The molecular formula is C23H25N5O2. The van der Waals surface area contributed by atoms with Gasteiger partial charge in [-0.05, 0) is 12.1 Å². The average molecular weight is 403 g/mol. The summed E-state index contributed by atoms with van der Waals surface area (Å²) < 4.78 is 5.23. The van der Waals surface area contributed by atoms with Gasteiger partial charge in [0.15, 0.2) is 5.82 Å². The van der Waals surface area contributed by atoms with Crippen LogP contribution in [-0.2, 0) is 13.0 Å². The standard InChI is InChI=1S/C23H25N5O2/c1-27(2)22-19-15-28(23(29)24-17-10-7-11-18(14-17)30-3)13-12-20(19)25-21(26-22)16-8-5-4-6-9-16/h4-11,14H,12-13,15H2,1-3H3,(H,24,29). The van der Waals surface area contributed by atoms with E-state index in [1.807, 2.05) is 67.5 Å². The average Bonchev–Trinajstić information content (AvgIpc) is 2.78. The van der Waals surface area contributed by atoms with Crippen molar-refractivity contribution >= 4 is 17.5 Å². The second-order valence-electron chi connectivity index (χ2n) is 7.39. The molecule has 7 nitrogen and oxygen atoms in total. The van der Waals surface area contributed by atoms with Gasteiger partial charge in [0.05, 0.1) is 19.3 Å². The molecule has 2 amide bonds. The molecule has 154 valence electrons. The molecule has 1 aromatic heterocycles. The van der Waals surface area contributed by atoms with E-state index >= 15 is 0 Å². The first-order valence-corrected chi connectivity index (χ1v) is 9.87. The fourth-order valence-corrected chi connectivity index (χ4v) is 3.56. The predicted octanol–water partition coefficient (Wildman–Crippen LogP) is 3.81. The summed E-state index contributed by atoms with van der Waals surface area (Å²) in [4.78, 5) is 26.3. The van der Waals surface area contributed by atoms with Gasteiger partial charge in [-0.1, -0.05) is 36.4 Å². The minimum absolute atomic E-state index is 0.147. The molecule has 30 heavy (non-hydrogen) atoms. The maximum atomic E-state index is 12.9. The molecule has 0 saturated heterocycles. The summed E-state index contributed by atoms with van der Waals surface area (Å²) in [5.74, 6) is 2.26. The number of aromatic nitrogens is 2. The van der Waals surface area contributed by atoms with Gasteiger partial charge < -0.3 is 19.9 Å². The topological polar surface area (TPSA) is 70.6 Å². The van der Waals surface area contributed by atoms with Crippen LogP contribution in [0, 0.1) is 0 Å². The van der Waals surface area contributed by atoms with Crippen molar-refractivity contribution in [1.29, 1.82) is 0 Å². The number of nitrogens with zero attached hydrogens (tertiary/aromatic N) is 4. The third kappa shape index (κ3) is 4.05. The quantitative estimate of drug-likeness (QED) is 0.717. The van der Waals surface area contributed by atoms with Gasteiger partial charge in [-0.2, -0.15) is 0 Å². The lowest BCUT2D eigenvalue weighted by atomic mass is 10.1. The Balaban J connectivity index is 1.59. The van der Waals surface area contributed by atoms with E-state index in [1.54, 1.807) is 18.1 Å². The number of benzene rings is 2. The first-order chi connectivity index (χ1) is 14.5. The Labute approximate surface area is 176 Å². The number of hydrogen-bond donors (Lipinski definition) is 1. The van der Waals surface area contributed by atoms with E-state index in [0.717, 1.165) is 22.6 Å². The van der Waals surface area contributed by atoms with Gasteiger partial charge in [-0.25, -0.2) is 14.8 Å². The third-order valence-corrected chi connectivity index (χ3v) is 5.10. The number of carbonyl (C=O) groups is 1. The molecule has 0 fully saturated rings. The maximum absolute atomic E-state index is 12.9. The summed E-state index contributed by atoms with van der Waals surface area (Å²) >= 11 is 0. The first kappa shape index (κ1) is 19.7. The minimum atomic E-state index is -0.147. The highest BCUT2D eigenvalue weighted by Gasteiger charge is 2.26. The molecule has 0 aliphatic carbocycles. The Morgan fingerprint density at radius 2 is 1.90 bits per heavy atom. The van der Waals surface area contributed by atoms with Crippen molar-refractivity contribution in [2.75, 3.05) is 38.0 Å². The Kier molecular flexibility index (Phi) is 5.52. The van der Waals surface area contributed by atoms with Crippen LogP contribution < -0.4 is 15.0 Å². The molecule has 0 bridgehead atoms. The third-order valence-electron chi connectivity index (χ3n) is 5.10. The molecule has 1 N–H and O–H groups in total. The maximum Gasteiger partial charge on any atom is 0.322 e. The normalized spacial score (nSPS) is 12.8. The van der Waals surface area contributed by atoms with Crippen molar-refractivity contribution in [3.63, 3.8) is 0 Å². The number of methoxy groups -OCH3 is 1. The van der Waals surface area contributed by atoms with Crippen molar-refractivity contribution in [2.45, 2.75) is 13.0 Å². The fraction of sp³-hybridized carbons (Fsp3) is 0.261. The minimum Gasteiger partial charge on any atom is -0.497 e. The zero-order valence-electron chi connectivity index (χ0n) is 17.4. The van der Waals surface area contributed by atoms with Crippen LogP contribution in [0.3, 0.4) is 0 Å². The van der Waals surface area contributed by atoms with E-state index in [2.05, 4.69) is 5.32 Å². The summed E-state index contributed by atoms with van der Waals surface area (Å²) in [6.07, 6.45) is 0.685. The second-order valence-corrected chi connectivity index (χ2v) is 7.39. The highest BCUT2D eigenvalue weighted by atomic mass is 16.5. The molecule has 1 aliphatic rings. The van der Waals surface area contributed by atoms with Crippen LogP contribution in [-0.4, -0.2) is 48.6 Å². The van der Waals surface area contributed by atoms with Crippen molar-refractivity contribution in [1.82, 2.24) is 14.9 Å². The number of nitrogens with one attached hydrogen (secondary N) is 1. The van der Waals surface area contributed by atoms with E-state index in [0.29, 0.717) is 36.8 Å². The number of anilines is 2. The summed E-state index contributed by atoms with van der Waals surface area (Å²) in [5, 5.41) is 2.96. The van der Waals surface area contributed by atoms with Gasteiger partial charge in [0.25, 0.3) is 0 Å². The molecule has 0 spiro atoms. The number of ether oxygens (including phenoxy) is 1. The van der Waals surface area contributed by atoms with E-state index in [9.17, 15) is 4.79 Å². The SMILES string of the molecule is COc1cccc(NC(=O)N2CCc3nc(-c4ccccc4)nc(N(C)C)c3C2)c1. The lowest BCUT2D eigenvalue weighted by molar-refractivity contribution is 0.206. The van der Waals surface area contributed by atoms with Crippen LogP contribution in [0.2, 0.25) is 0 Å². The molecule has 0 unspecified atom stereocenters. The molecular weight excluding hydrogens is 378 g/mol. The smallest absolute Gasteiger partial charge is 0.322 e. The molecule has 7 heteroatoms. The van der Waals surface area contributed by atoms with Crippen molar-refractivity contribution < 1.29 is 9.53 Å². The highest BCUT2D eigenvalue weighted by molar-refractivity contribution is 5.89. The van der Waals surface area contributed by atoms with Gasteiger partial charge in [-0.15, -0.1) is 0 Å². The van der Waals surface area contributed by atoms with E-state index in [1.165, 1.54) is 0 Å². The Morgan fingerprint density at radius 1 is 1.10 bits per heavy atom. The van der Waals surface area contributed by atoms with Crippen LogP contribution in [0.5, 0.6) is 5.75 Å². The van der Waals surface area contributed by atoms with Gasteiger partial charge in [0, 0.05) is 49.9 Å².